The van der Waals surface area contributed by atoms with E-state index >= 15 is 0 Å². The minimum atomic E-state index is -0.216. The lowest BCUT2D eigenvalue weighted by molar-refractivity contribution is -0.116. The first kappa shape index (κ1) is 15.3. The Morgan fingerprint density at radius 2 is 1.67 bits per heavy atom. The molecule has 4 nitrogen and oxygen atoms in total. The van der Waals surface area contributed by atoms with Gasteiger partial charge < -0.3 is 10.2 Å². The summed E-state index contributed by atoms with van der Waals surface area (Å²) in [5.74, 6) is -0.313. The molecule has 0 spiro atoms. The van der Waals surface area contributed by atoms with Crippen LogP contribution in [0.4, 0.5) is 11.4 Å². The Kier molecular flexibility index (Phi) is 4.75. The molecule has 0 aromatic heterocycles. The van der Waals surface area contributed by atoms with Crippen LogP contribution in [-0.4, -0.2) is 18.9 Å². The van der Waals surface area contributed by atoms with E-state index in [0.29, 0.717) is 16.9 Å². The number of hydrogen-bond donors (Lipinski definition) is 1. The molecule has 1 N–H and O–H groups in total. The molecule has 0 bridgehead atoms. The Morgan fingerprint density at radius 3 is 2.29 bits per heavy atom. The minimum Gasteiger partial charge on any atom is -0.320 e. The molecule has 0 fully saturated rings. The zero-order valence-electron chi connectivity index (χ0n) is 11.8. The second-order valence-electron chi connectivity index (χ2n) is 4.56. The van der Waals surface area contributed by atoms with Crippen molar-refractivity contribution in [3.63, 3.8) is 0 Å². The van der Waals surface area contributed by atoms with Gasteiger partial charge in [-0.25, -0.2) is 0 Å². The summed E-state index contributed by atoms with van der Waals surface area (Å²) in [6, 6.07) is 14.3. The fraction of sp³-hybridized carbons (Fsp3) is 0.125. The minimum absolute atomic E-state index is 0.0969. The first-order chi connectivity index (χ1) is 9.99. The van der Waals surface area contributed by atoms with Gasteiger partial charge in [-0.05, 0) is 36.4 Å². The van der Waals surface area contributed by atoms with Crippen molar-refractivity contribution in [1.82, 2.24) is 0 Å². The molecule has 108 valence electrons. The highest BCUT2D eigenvalue weighted by Crippen LogP contribution is 2.25. The molecule has 0 aliphatic heterocycles. The first-order valence-electron chi connectivity index (χ1n) is 6.39. The van der Waals surface area contributed by atoms with E-state index in [9.17, 15) is 9.59 Å². The van der Waals surface area contributed by atoms with Crippen molar-refractivity contribution >= 4 is 39.1 Å². The Balaban J connectivity index is 2.25. The van der Waals surface area contributed by atoms with E-state index in [-0.39, 0.29) is 11.8 Å². The molecule has 5 heteroatoms. The van der Waals surface area contributed by atoms with Gasteiger partial charge in [-0.2, -0.15) is 0 Å². The van der Waals surface area contributed by atoms with Crippen LogP contribution in [-0.2, 0) is 4.79 Å². The molecular formula is C16H15BrN2O2. The van der Waals surface area contributed by atoms with Gasteiger partial charge in [0.15, 0.2) is 0 Å². The van der Waals surface area contributed by atoms with Gasteiger partial charge in [0.25, 0.3) is 5.91 Å². The number of carbonyl (C=O) groups is 2. The molecular weight excluding hydrogens is 332 g/mol. The molecule has 0 saturated carbocycles. The van der Waals surface area contributed by atoms with Crippen LogP contribution >= 0.6 is 15.9 Å². The average Bonchev–Trinajstić information content (AvgIpc) is 2.47. The lowest BCUT2D eigenvalue weighted by Gasteiger charge is -2.19. The SMILES string of the molecule is CC(=O)N(C)c1ccccc1NC(=O)c1ccc(Br)cc1. The van der Waals surface area contributed by atoms with Crippen molar-refractivity contribution in [3.05, 3.63) is 58.6 Å². The summed E-state index contributed by atoms with van der Waals surface area (Å²) >= 11 is 3.33. The third-order valence-electron chi connectivity index (χ3n) is 3.09. The van der Waals surface area contributed by atoms with Gasteiger partial charge in [0.1, 0.15) is 0 Å². The molecule has 2 rings (SSSR count). The topological polar surface area (TPSA) is 49.4 Å². The van der Waals surface area contributed by atoms with Gasteiger partial charge in [0.05, 0.1) is 11.4 Å². The predicted molar refractivity (Wildman–Crippen MR) is 87.6 cm³/mol. The van der Waals surface area contributed by atoms with Crippen molar-refractivity contribution in [1.29, 1.82) is 0 Å². The quantitative estimate of drug-likeness (QED) is 0.921. The van der Waals surface area contributed by atoms with Crippen molar-refractivity contribution < 1.29 is 9.59 Å². The number of rotatable bonds is 3. The van der Waals surface area contributed by atoms with Crippen LogP contribution in [0.1, 0.15) is 17.3 Å². The monoisotopic (exact) mass is 346 g/mol. The number of para-hydroxylation sites is 2. The zero-order valence-corrected chi connectivity index (χ0v) is 13.3. The molecule has 21 heavy (non-hydrogen) atoms. The molecule has 0 saturated heterocycles. The standard InChI is InChI=1S/C16H15BrN2O2/c1-11(20)19(2)15-6-4-3-5-14(15)18-16(21)12-7-9-13(17)10-8-12/h3-10H,1-2H3,(H,18,21). The van der Waals surface area contributed by atoms with Crippen LogP contribution in [0.3, 0.4) is 0 Å². The van der Waals surface area contributed by atoms with Crippen molar-refractivity contribution in [3.8, 4) is 0 Å². The first-order valence-corrected chi connectivity index (χ1v) is 7.18. The molecule has 2 aromatic carbocycles. The number of nitrogens with one attached hydrogen (secondary N) is 1. The second kappa shape index (κ2) is 6.54. The van der Waals surface area contributed by atoms with Gasteiger partial charge in [0, 0.05) is 24.0 Å². The maximum absolute atomic E-state index is 12.2. The lowest BCUT2D eigenvalue weighted by Crippen LogP contribution is -2.24. The largest absolute Gasteiger partial charge is 0.320 e. The lowest BCUT2D eigenvalue weighted by atomic mass is 10.2. The second-order valence-corrected chi connectivity index (χ2v) is 5.47. The average molecular weight is 347 g/mol. The van der Waals surface area contributed by atoms with Crippen LogP contribution in [0.5, 0.6) is 0 Å². The third kappa shape index (κ3) is 3.70. The predicted octanol–water partition coefficient (Wildman–Crippen LogP) is 3.68. The summed E-state index contributed by atoms with van der Waals surface area (Å²) < 4.78 is 0.913. The highest BCUT2D eigenvalue weighted by molar-refractivity contribution is 9.10. The molecule has 0 aliphatic rings. The van der Waals surface area contributed by atoms with Crippen molar-refractivity contribution in [2.24, 2.45) is 0 Å². The molecule has 2 amide bonds. The Bertz CT molecular complexity index is 668. The smallest absolute Gasteiger partial charge is 0.255 e. The van der Waals surface area contributed by atoms with Crippen LogP contribution < -0.4 is 10.2 Å². The van der Waals surface area contributed by atoms with Crippen molar-refractivity contribution in [2.45, 2.75) is 6.92 Å². The summed E-state index contributed by atoms with van der Waals surface area (Å²) in [6.45, 7) is 1.48. The third-order valence-corrected chi connectivity index (χ3v) is 3.62. The van der Waals surface area contributed by atoms with E-state index < -0.39 is 0 Å². The summed E-state index contributed by atoms with van der Waals surface area (Å²) in [6.07, 6.45) is 0. The van der Waals surface area contributed by atoms with E-state index in [1.54, 1.807) is 31.3 Å². The van der Waals surface area contributed by atoms with E-state index in [2.05, 4.69) is 21.2 Å². The van der Waals surface area contributed by atoms with E-state index in [1.165, 1.54) is 11.8 Å². The van der Waals surface area contributed by atoms with Crippen LogP contribution in [0, 0.1) is 0 Å². The van der Waals surface area contributed by atoms with Gasteiger partial charge in [-0.3, -0.25) is 9.59 Å². The number of amides is 2. The van der Waals surface area contributed by atoms with E-state index in [0.717, 1.165) is 4.47 Å². The molecule has 0 atom stereocenters. The van der Waals surface area contributed by atoms with Crippen LogP contribution in [0.15, 0.2) is 53.0 Å². The summed E-state index contributed by atoms with van der Waals surface area (Å²) in [5.41, 5.74) is 1.82. The van der Waals surface area contributed by atoms with Crippen LogP contribution in [0.2, 0.25) is 0 Å². The number of carbonyl (C=O) groups excluding carboxylic acids is 2. The summed E-state index contributed by atoms with van der Waals surface area (Å²) in [5, 5.41) is 2.83. The van der Waals surface area contributed by atoms with Gasteiger partial charge in [-0.15, -0.1) is 0 Å². The van der Waals surface area contributed by atoms with Gasteiger partial charge >= 0.3 is 0 Å². The highest BCUT2D eigenvalue weighted by atomic mass is 79.9. The van der Waals surface area contributed by atoms with Gasteiger partial charge in [-0.1, -0.05) is 28.1 Å². The molecule has 0 aliphatic carbocycles. The summed E-state index contributed by atoms with van der Waals surface area (Å²) in [4.78, 5) is 25.2. The normalized spacial score (nSPS) is 10.0. The highest BCUT2D eigenvalue weighted by Gasteiger charge is 2.13. The van der Waals surface area contributed by atoms with Crippen molar-refractivity contribution in [2.75, 3.05) is 17.3 Å². The fourth-order valence-corrected chi connectivity index (χ4v) is 2.10. The van der Waals surface area contributed by atoms with Gasteiger partial charge in [0.2, 0.25) is 5.91 Å². The zero-order chi connectivity index (χ0) is 15.4. The number of halogens is 1. The van der Waals surface area contributed by atoms with E-state index in [1.807, 2.05) is 24.3 Å². The molecule has 0 radical (unpaired) electrons. The Morgan fingerprint density at radius 1 is 1.05 bits per heavy atom. The number of benzene rings is 2. The fourth-order valence-electron chi connectivity index (χ4n) is 1.84. The molecule has 2 aromatic rings. The van der Waals surface area contributed by atoms with E-state index in [4.69, 9.17) is 0 Å². The maximum atomic E-state index is 12.2. The number of anilines is 2. The maximum Gasteiger partial charge on any atom is 0.255 e. The number of hydrogen-bond acceptors (Lipinski definition) is 2. The number of nitrogens with zero attached hydrogens (tertiary/aromatic N) is 1. The Hall–Kier alpha value is -2.14. The summed E-state index contributed by atoms with van der Waals surface area (Å²) in [7, 11) is 1.67. The molecule has 0 heterocycles. The van der Waals surface area contributed by atoms with Crippen LogP contribution in [0.25, 0.3) is 0 Å². The molecule has 0 unspecified atom stereocenters. The Labute approximate surface area is 131 Å².